The average Bonchev–Trinajstić information content (AvgIpc) is 2.89. The zero-order chi connectivity index (χ0) is 21.8. The fourth-order valence-electron chi connectivity index (χ4n) is 3.00. The van der Waals surface area contributed by atoms with Gasteiger partial charge in [0.15, 0.2) is 0 Å². The van der Waals surface area contributed by atoms with Gasteiger partial charge in [0.25, 0.3) is 0 Å². The number of hydrogen-bond donors (Lipinski definition) is 1. The molecule has 2 rings (SSSR count). The predicted molar refractivity (Wildman–Crippen MR) is 111 cm³/mol. The summed E-state index contributed by atoms with van der Waals surface area (Å²) in [6.07, 6.45) is 1.33. The molecule has 0 fully saturated rings. The van der Waals surface area contributed by atoms with Gasteiger partial charge in [0, 0.05) is 23.5 Å². The fraction of sp³-hybridized carbons (Fsp3) is 0.545. The van der Waals surface area contributed by atoms with E-state index in [2.05, 4.69) is 5.32 Å². The number of hydrogen-bond acceptors (Lipinski definition) is 4. The van der Waals surface area contributed by atoms with Crippen LogP contribution in [-0.4, -0.2) is 40.5 Å². The minimum Gasteiger partial charge on any atom is -0.458 e. The Labute approximate surface area is 171 Å². The van der Waals surface area contributed by atoms with E-state index in [1.54, 1.807) is 41.5 Å². The van der Waals surface area contributed by atoms with Gasteiger partial charge in [-0.1, -0.05) is 18.2 Å². The van der Waals surface area contributed by atoms with Gasteiger partial charge in [-0.3, -0.25) is 0 Å². The third kappa shape index (κ3) is 6.76. The molecule has 0 aliphatic heterocycles. The van der Waals surface area contributed by atoms with Crippen LogP contribution in [0.25, 0.3) is 10.9 Å². The van der Waals surface area contributed by atoms with E-state index in [1.165, 1.54) is 0 Å². The summed E-state index contributed by atoms with van der Waals surface area (Å²) in [7, 11) is 0. The highest BCUT2D eigenvalue weighted by atomic mass is 19.1. The summed E-state index contributed by atoms with van der Waals surface area (Å²) in [4.78, 5) is 25.1. The monoisotopic (exact) mass is 406 g/mol. The molecule has 1 heterocycles. The van der Waals surface area contributed by atoms with Gasteiger partial charge < -0.3 is 19.4 Å². The molecule has 0 radical (unpaired) electrons. The number of carbonyl (C=O) groups is 2. The normalized spacial score (nSPS) is 13.2. The number of ether oxygens (including phenoxy) is 2. The van der Waals surface area contributed by atoms with Gasteiger partial charge >= 0.3 is 12.1 Å². The Morgan fingerprint density at radius 1 is 1.07 bits per heavy atom. The smallest absolute Gasteiger partial charge is 0.408 e. The van der Waals surface area contributed by atoms with Gasteiger partial charge in [-0.05, 0) is 53.2 Å². The molecule has 29 heavy (non-hydrogen) atoms. The second-order valence-corrected chi connectivity index (χ2v) is 8.99. The molecule has 0 saturated carbocycles. The average molecular weight is 406 g/mol. The zero-order valence-corrected chi connectivity index (χ0v) is 18.0. The molecule has 2 aromatic rings. The maximum absolute atomic E-state index is 13.0. The molecular weight excluding hydrogens is 375 g/mol. The van der Waals surface area contributed by atoms with Crippen molar-refractivity contribution in [2.75, 3.05) is 6.67 Å². The zero-order valence-electron chi connectivity index (χ0n) is 18.0. The second-order valence-electron chi connectivity index (χ2n) is 8.99. The van der Waals surface area contributed by atoms with Crippen molar-refractivity contribution >= 4 is 23.0 Å². The number of nitrogens with zero attached hydrogens (tertiary/aromatic N) is 1. The van der Waals surface area contributed by atoms with Crippen LogP contribution >= 0.6 is 0 Å². The predicted octanol–water partition coefficient (Wildman–Crippen LogP) is 4.39. The van der Waals surface area contributed by atoms with Crippen molar-refractivity contribution in [3.63, 3.8) is 0 Å². The number of para-hydroxylation sites is 1. The first kappa shape index (κ1) is 22.7. The minimum absolute atomic E-state index is 0.202. The molecule has 1 N–H and O–H groups in total. The van der Waals surface area contributed by atoms with Crippen LogP contribution in [0.5, 0.6) is 0 Å². The Morgan fingerprint density at radius 3 is 2.28 bits per heavy atom. The highest BCUT2D eigenvalue weighted by molar-refractivity contribution is 5.86. The fourth-order valence-corrected chi connectivity index (χ4v) is 3.00. The van der Waals surface area contributed by atoms with Crippen molar-refractivity contribution in [2.45, 2.75) is 71.8 Å². The molecule has 0 saturated heterocycles. The van der Waals surface area contributed by atoms with E-state index in [9.17, 15) is 14.0 Å². The van der Waals surface area contributed by atoms with E-state index in [0.29, 0.717) is 0 Å². The van der Waals surface area contributed by atoms with Gasteiger partial charge in [-0.2, -0.15) is 0 Å². The van der Waals surface area contributed by atoms with Crippen LogP contribution in [0.15, 0.2) is 30.5 Å². The Balaban J connectivity index is 2.33. The molecule has 6 nitrogen and oxygen atoms in total. The number of amides is 1. The largest absolute Gasteiger partial charge is 0.458 e. The molecule has 1 atom stereocenters. The lowest BCUT2D eigenvalue weighted by Gasteiger charge is -2.26. The van der Waals surface area contributed by atoms with E-state index < -0.39 is 36.0 Å². The molecular formula is C22H31FN2O4. The number of aryl methyl sites for hydroxylation is 1. The number of carbonyl (C=O) groups excluding carboxylic acids is 2. The van der Waals surface area contributed by atoms with E-state index >= 15 is 0 Å². The molecule has 1 aromatic carbocycles. The molecule has 160 valence electrons. The standard InChI is InChI=1S/C22H31FN2O4/c1-21(2,3)28-19(26)17(24-20(27)29-22(4,5)6)13-15-14-25(12-11-23)18-10-8-7-9-16(15)18/h7-10,14,17H,11-13H2,1-6H3,(H,24,27)/t17-/m1/s1. The van der Waals surface area contributed by atoms with Crippen LogP contribution in [-0.2, 0) is 27.2 Å². The van der Waals surface area contributed by atoms with E-state index in [0.717, 1.165) is 16.5 Å². The van der Waals surface area contributed by atoms with Crippen molar-refractivity contribution in [1.82, 2.24) is 9.88 Å². The summed E-state index contributed by atoms with van der Waals surface area (Å²) in [6.45, 7) is 10.3. The summed E-state index contributed by atoms with van der Waals surface area (Å²) < 4.78 is 25.6. The Bertz CT molecular complexity index is 862. The maximum atomic E-state index is 13.0. The van der Waals surface area contributed by atoms with Crippen molar-refractivity contribution in [2.24, 2.45) is 0 Å². The SMILES string of the molecule is CC(C)(C)OC(=O)N[C@H](Cc1cn(CCF)c2ccccc12)C(=O)OC(C)(C)C. The van der Waals surface area contributed by atoms with Crippen molar-refractivity contribution < 1.29 is 23.5 Å². The molecule has 1 aromatic heterocycles. The van der Waals surface area contributed by atoms with Crippen LogP contribution in [0.1, 0.15) is 47.1 Å². The second kappa shape index (κ2) is 8.84. The number of benzene rings is 1. The number of nitrogens with one attached hydrogen (secondary N) is 1. The summed E-state index contributed by atoms with van der Waals surface area (Å²) in [5, 5.41) is 3.53. The lowest BCUT2D eigenvalue weighted by Crippen LogP contribution is -2.47. The number of alkyl carbamates (subject to hydrolysis) is 1. The van der Waals surface area contributed by atoms with Crippen molar-refractivity contribution in [1.29, 1.82) is 0 Å². The first-order valence-electron chi connectivity index (χ1n) is 9.75. The summed E-state index contributed by atoms with van der Waals surface area (Å²) in [5.74, 6) is -0.550. The van der Waals surface area contributed by atoms with Crippen LogP contribution in [0.2, 0.25) is 0 Å². The van der Waals surface area contributed by atoms with Gasteiger partial charge in [-0.15, -0.1) is 0 Å². The van der Waals surface area contributed by atoms with Crippen molar-refractivity contribution in [3.8, 4) is 0 Å². The maximum Gasteiger partial charge on any atom is 0.408 e. The van der Waals surface area contributed by atoms with E-state index in [1.807, 2.05) is 35.0 Å². The van der Waals surface area contributed by atoms with Gasteiger partial charge in [0.1, 0.15) is 23.9 Å². The first-order valence-corrected chi connectivity index (χ1v) is 9.75. The summed E-state index contributed by atoms with van der Waals surface area (Å²) >= 11 is 0. The van der Waals surface area contributed by atoms with E-state index in [-0.39, 0.29) is 13.0 Å². The number of esters is 1. The van der Waals surface area contributed by atoms with Crippen molar-refractivity contribution in [3.05, 3.63) is 36.0 Å². The first-order chi connectivity index (χ1) is 13.4. The third-order valence-corrected chi connectivity index (χ3v) is 4.00. The van der Waals surface area contributed by atoms with Gasteiger partial charge in [-0.25, -0.2) is 14.0 Å². The van der Waals surface area contributed by atoms with Crippen LogP contribution in [0, 0.1) is 0 Å². The number of halogens is 1. The number of fused-ring (bicyclic) bond motifs is 1. The number of rotatable bonds is 6. The van der Waals surface area contributed by atoms with Gasteiger partial charge in [0.2, 0.25) is 0 Å². The summed E-state index contributed by atoms with van der Waals surface area (Å²) in [6, 6.07) is 6.64. The Kier molecular flexibility index (Phi) is 6.93. The molecule has 7 heteroatoms. The highest BCUT2D eigenvalue weighted by Gasteiger charge is 2.29. The lowest BCUT2D eigenvalue weighted by molar-refractivity contribution is -0.157. The number of alkyl halides is 1. The highest BCUT2D eigenvalue weighted by Crippen LogP contribution is 2.23. The van der Waals surface area contributed by atoms with Crippen LogP contribution < -0.4 is 5.32 Å². The number of aromatic nitrogens is 1. The topological polar surface area (TPSA) is 69.6 Å². The summed E-state index contributed by atoms with van der Waals surface area (Å²) in [5.41, 5.74) is 0.300. The third-order valence-electron chi connectivity index (χ3n) is 4.00. The molecule has 0 spiro atoms. The Morgan fingerprint density at radius 2 is 1.69 bits per heavy atom. The Hall–Kier alpha value is -2.57. The molecule has 0 aliphatic carbocycles. The minimum atomic E-state index is -0.936. The molecule has 0 aliphatic rings. The quantitative estimate of drug-likeness (QED) is 0.723. The molecule has 0 bridgehead atoms. The van der Waals surface area contributed by atoms with Gasteiger partial charge in [0.05, 0.1) is 6.54 Å². The van der Waals surface area contributed by atoms with E-state index in [4.69, 9.17) is 9.47 Å². The lowest BCUT2D eigenvalue weighted by atomic mass is 10.0. The van der Waals surface area contributed by atoms with Crippen LogP contribution in [0.3, 0.4) is 0 Å². The molecule has 0 unspecified atom stereocenters. The molecule has 1 amide bonds. The van der Waals surface area contributed by atoms with Crippen LogP contribution in [0.4, 0.5) is 9.18 Å².